The summed E-state index contributed by atoms with van der Waals surface area (Å²) >= 11 is 6.12. The molecule has 2 atom stereocenters. The lowest BCUT2D eigenvalue weighted by molar-refractivity contribution is -0.0589. The number of aryl methyl sites for hydroxylation is 1. The van der Waals surface area contributed by atoms with E-state index in [0.29, 0.717) is 28.4 Å². The van der Waals surface area contributed by atoms with Gasteiger partial charge in [-0.15, -0.1) is 0 Å². The smallest absolute Gasteiger partial charge is 0.238 e. The van der Waals surface area contributed by atoms with E-state index in [9.17, 15) is 0 Å². The van der Waals surface area contributed by atoms with Gasteiger partial charge in [-0.2, -0.15) is 0 Å². The van der Waals surface area contributed by atoms with Crippen molar-refractivity contribution >= 4 is 17.4 Å². The zero-order valence-corrected chi connectivity index (χ0v) is 18.4. The van der Waals surface area contributed by atoms with Crippen LogP contribution in [-0.4, -0.2) is 33.6 Å². The molecule has 0 amide bonds. The standard InChI is InChI=1S/C23H24ClN5O2/c1-14-12-29(13-25-14)19-11-10-18(26-22(19)30-3)21-27-23(2,16-6-8-17(24)9-7-16)20(31-28-21)15-4-5-15/h6-13,15,20H,4-5H2,1-3H3,(H,27,28)/t20-,23+/m1/s1. The predicted octanol–water partition coefficient (Wildman–Crippen LogP) is 4.21. The Bertz CT molecular complexity index is 1140. The molecule has 1 aromatic carbocycles. The van der Waals surface area contributed by atoms with Crippen LogP contribution in [0.4, 0.5) is 0 Å². The second-order valence-electron chi connectivity index (χ2n) is 8.24. The summed E-state index contributed by atoms with van der Waals surface area (Å²) in [7, 11) is 1.60. The summed E-state index contributed by atoms with van der Waals surface area (Å²) in [6, 6.07) is 11.7. The second-order valence-corrected chi connectivity index (χ2v) is 8.68. The minimum Gasteiger partial charge on any atom is -0.479 e. The minimum atomic E-state index is -0.554. The first kappa shape index (κ1) is 20.0. The summed E-state index contributed by atoms with van der Waals surface area (Å²) in [5.41, 5.74) is 5.92. The van der Waals surface area contributed by atoms with Crippen LogP contribution >= 0.6 is 11.6 Å². The molecule has 0 radical (unpaired) electrons. The largest absolute Gasteiger partial charge is 0.479 e. The molecule has 2 aliphatic rings. The van der Waals surface area contributed by atoms with Gasteiger partial charge >= 0.3 is 0 Å². The first-order valence-electron chi connectivity index (χ1n) is 10.3. The fourth-order valence-corrected chi connectivity index (χ4v) is 4.22. The summed E-state index contributed by atoms with van der Waals surface area (Å²) < 4.78 is 7.45. The van der Waals surface area contributed by atoms with Gasteiger partial charge in [-0.1, -0.05) is 23.7 Å². The molecule has 5 rings (SSSR count). The van der Waals surface area contributed by atoms with Crippen molar-refractivity contribution in [1.29, 1.82) is 0 Å². The number of benzene rings is 1. The topological polar surface area (TPSA) is 73.6 Å². The summed E-state index contributed by atoms with van der Waals surface area (Å²) in [4.78, 5) is 20.2. The number of halogens is 1. The Balaban J connectivity index is 1.55. The Morgan fingerprint density at radius 2 is 1.97 bits per heavy atom. The lowest BCUT2D eigenvalue weighted by atomic mass is 9.84. The third kappa shape index (κ3) is 3.68. The zero-order chi connectivity index (χ0) is 21.6. The van der Waals surface area contributed by atoms with Gasteiger partial charge in [0.2, 0.25) is 5.88 Å². The van der Waals surface area contributed by atoms with E-state index in [2.05, 4.69) is 17.4 Å². The number of hydrogen-bond donors (Lipinski definition) is 1. The average molecular weight is 438 g/mol. The molecule has 8 heteroatoms. The Kier molecular flexibility index (Phi) is 4.95. The maximum atomic E-state index is 6.15. The van der Waals surface area contributed by atoms with Crippen molar-refractivity contribution in [3.8, 4) is 11.6 Å². The van der Waals surface area contributed by atoms with E-state index in [1.165, 1.54) is 0 Å². The van der Waals surface area contributed by atoms with Crippen LogP contribution in [0.25, 0.3) is 5.69 Å². The molecule has 3 aromatic rings. The lowest BCUT2D eigenvalue weighted by Gasteiger charge is -2.39. The number of hydroxylamine groups is 1. The van der Waals surface area contributed by atoms with Crippen LogP contribution in [0.5, 0.6) is 5.88 Å². The van der Waals surface area contributed by atoms with Crippen LogP contribution in [-0.2, 0) is 10.4 Å². The normalized spacial score (nSPS) is 23.2. The maximum absolute atomic E-state index is 6.15. The Morgan fingerprint density at radius 3 is 2.61 bits per heavy atom. The Morgan fingerprint density at radius 1 is 1.19 bits per heavy atom. The van der Waals surface area contributed by atoms with Crippen molar-refractivity contribution in [3.63, 3.8) is 0 Å². The van der Waals surface area contributed by atoms with Gasteiger partial charge in [-0.05, 0) is 62.4 Å². The zero-order valence-electron chi connectivity index (χ0n) is 17.7. The van der Waals surface area contributed by atoms with Gasteiger partial charge < -0.3 is 9.30 Å². The van der Waals surface area contributed by atoms with Gasteiger partial charge in [0.05, 0.1) is 19.1 Å². The molecule has 2 aromatic heterocycles. The SMILES string of the molecule is COc1nc(C2=N[C@@](C)(c3ccc(Cl)cc3)[C@@H](C3CC3)ON2)ccc1-n1cnc(C)c1. The van der Waals surface area contributed by atoms with Gasteiger partial charge in [0.1, 0.15) is 23.0 Å². The van der Waals surface area contributed by atoms with Crippen molar-refractivity contribution < 1.29 is 9.57 Å². The quantitative estimate of drug-likeness (QED) is 0.647. The number of pyridine rings is 1. The molecule has 160 valence electrons. The van der Waals surface area contributed by atoms with Crippen molar-refractivity contribution in [2.24, 2.45) is 10.9 Å². The molecule has 1 aliphatic heterocycles. The van der Waals surface area contributed by atoms with Crippen LogP contribution < -0.4 is 10.2 Å². The van der Waals surface area contributed by atoms with Crippen molar-refractivity contribution in [2.75, 3.05) is 7.11 Å². The predicted molar refractivity (Wildman–Crippen MR) is 119 cm³/mol. The number of hydrogen-bond acceptors (Lipinski definition) is 6. The number of imidazole rings is 1. The molecule has 7 nitrogen and oxygen atoms in total. The third-order valence-corrected chi connectivity index (χ3v) is 6.18. The summed E-state index contributed by atoms with van der Waals surface area (Å²) in [6.45, 7) is 4.05. The number of methoxy groups -OCH3 is 1. The highest BCUT2D eigenvalue weighted by Gasteiger charge is 2.49. The fourth-order valence-electron chi connectivity index (χ4n) is 4.10. The summed E-state index contributed by atoms with van der Waals surface area (Å²) in [5.74, 6) is 1.53. The number of rotatable bonds is 5. The van der Waals surface area contributed by atoms with E-state index in [4.69, 9.17) is 31.2 Å². The molecular formula is C23H24ClN5O2. The van der Waals surface area contributed by atoms with Gasteiger partial charge in [0.25, 0.3) is 0 Å². The number of aliphatic imine (C=N–C) groups is 1. The number of aromatic nitrogens is 3. The number of ether oxygens (including phenoxy) is 1. The monoisotopic (exact) mass is 437 g/mol. The number of amidine groups is 1. The fraction of sp³-hybridized carbons (Fsp3) is 0.348. The van der Waals surface area contributed by atoms with Crippen LogP contribution in [0.15, 0.2) is 53.9 Å². The van der Waals surface area contributed by atoms with E-state index >= 15 is 0 Å². The summed E-state index contributed by atoms with van der Waals surface area (Å²) in [6.07, 6.45) is 5.90. The first-order valence-corrected chi connectivity index (χ1v) is 10.7. The van der Waals surface area contributed by atoms with Crippen molar-refractivity contribution in [1.82, 2.24) is 20.0 Å². The molecule has 0 bridgehead atoms. The molecule has 31 heavy (non-hydrogen) atoms. The Hall–Kier alpha value is -2.90. The van der Waals surface area contributed by atoms with Crippen molar-refractivity contribution in [2.45, 2.75) is 38.3 Å². The molecular weight excluding hydrogens is 414 g/mol. The van der Waals surface area contributed by atoms with Crippen LogP contribution in [0.1, 0.15) is 36.7 Å². The minimum absolute atomic E-state index is 0.0625. The highest BCUT2D eigenvalue weighted by Crippen LogP contribution is 2.46. The van der Waals surface area contributed by atoms with E-state index in [1.54, 1.807) is 13.4 Å². The molecule has 1 fully saturated rings. The highest BCUT2D eigenvalue weighted by atomic mass is 35.5. The lowest BCUT2D eigenvalue weighted by Crippen LogP contribution is -2.49. The van der Waals surface area contributed by atoms with Crippen molar-refractivity contribution in [3.05, 3.63) is 70.9 Å². The van der Waals surface area contributed by atoms with Gasteiger partial charge in [-0.25, -0.2) is 15.4 Å². The number of nitrogens with zero attached hydrogens (tertiary/aromatic N) is 4. The first-order chi connectivity index (χ1) is 15.0. The molecule has 1 saturated carbocycles. The Labute approximate surface area is 186 Å². The van der Waals surface area contributed by atoms with E-state index in [1.807, 2.05) is 54.1 Å². The van der Waals surface area contributed by atoms with Gasteiger partial charge in [0.15, 0.2) is 5.84 Å². The molecule has 0 saturated heterocycles. The molecule has 1 aliphatic carbocycles. The van der Waals surface area contributed by atoms with Gasteiger partial charge in [0, 0.05) is 11.2 Å². The van der Waals surface area contributed by atoms with Gasteiger partial charge in [-0.3, -0.25) is 9.83 Å². The molecule has 1 N–H and O–H groups in total. The average Bonchev–Trinajstić information content (AvgIpc) is 3.53. The van der Waals surface area contributed by atoms with Crippen LogP contribution in [0.2, 0.25) is 5.02 Å². The van der Waals surface area contributed by atoms with E-state index < -0.39 is 5.54 Å². The van der Waals surface area contributed by atoms with E-state index in [0.717, 1.165) is 29.8 Å². The molecule has 3 heterocycles. The summed E-state index contributed by atoms with van der Waals surface area (Å²) in [5, 5.41) is 0.700. The maximum Gasteiger partial charge on any atom is 0.238 e. The number of nitrogens with one attached hydrogen (secondary N) is 1. The van der Waals surface area contributed by atoms with Crippen LogP contribution in [0, 0.1) is 12.8 Å². The van der Waals surface area contributed by atoms with E-state index in [-0.39, 0.29) is 6.10 Å². The van der Waals surface area contributed by atoms with Crippen LogP contribution in [0.3, 0.4) is 0 Å². The second kappa shape index (κ2) is 7.66. The third-order valence-electron chi connectivity index (χ3n) is 5.93. The molecule has 0 unspecified atom stereocenters. The molecule has 0 spiro atoms. The highest BCUT2D eigenvalue weighted by molar-refractivity contribution is 6.30.